The Hall–Kier alpha value is -2.44. The van der Waals surface area contributed by atoms with Gasteiger partial charge < -0.3 is 4.57 Å². The first-order chi connectivity index (χ1) is 13.9. The molecule has 1 fully saturated rings. The second kappa shape index (κ2) is 8.13. The van der Waals surface area contributed by atoms with Crippen molar-refractivity contribution in [1.29, 1.82) is 0 Å². The number of rotatable bonds is 5. The fourth-order valence-corrected chi connectivity index (χ4v) is 5.69. The summed E-state index contributed by atoms with van der Waals surface area (Å²) in [5, 5.41) is 0. The van der Waals surface area contributed by atoms with E-state index in [1.54, 1.807) is 6.92 Å². The lowest BCUT2D eigenvalue weighted by molar-refractivity contribution is 0.272. The Morgan fingerprint density at radius 2 is 1.66 bits per heavy atom. The van der Waals surface area contributed by atoms with Gasteiger partial charge in [-0.1, -0.05) is 18.2 Å². The molecule has 0 bridgehead atoms. The second-order valence-electron chi connectivity index (χ2n) is 7.72. The van der Waals surface area contributed by atoms with Crippen LogP contribution in [0.1, 0.15) is 24.0 Å². The van der Waals surface area contributed by atoms with E-state index >= 15 is 0 Å². The Morgan fingerprint density at radius 1 is 1.00 bits per heavy atom. The number of benzene rings is 2. The zero-order valence-electron chi connectivity index (χ0n) is 16.5. The van der Waals surface area contributed by atoms with E-state index in [1.807, 2.05) is 24.5 Å². The molecule has 3 aromatic rings. The van der Waals surface area contributed by atoms with E-state index in [0.29, 0.717) is 24.6 Å². The van der Waals surface area contributed by atoms with Crippen LogP contribution in [0, 0.1) is 18.7 Å². The van der Waals surface area contributed by atoms with Crippen molar-refractivity contribution in [1.82, 2.24) is 8.87 Å². The monoisotopic (exact) mass is 412 g/mol. The summed E-state index contributed by atoms with van der Waals surface area (Å²) in [6, 6.07) is 16.5. The highest BCUT2D eigenvalue weighted by Gasteiger charge is 2.30. The summed E-state index contributed by atoms with van der Waals surface area (Å²) in [5.74, 6) is -0.0695. The Bertz CT molecular complexity index is 1070. The highest BCUT2D eigenvalue weighted by Crippen LogP contribution is 2.28. The van der Waals surface area contributed by atoms with Gasteiger partial charge in [0.25, 0.3) is 0 Å². The molecule has 6 heteroatoms. The number of piperidine rings is 1. The third-order valence-electron chi connectivity index (χ3n) is 5.70. The Kier molecular flexibility index (Phi) is 5.56. The van der Waals surface area contributed by atoms with Crippen molar-refractivity contribution in [2.75, 3.05) is 13.1 Å². The average Bonchev–Trinajstić information content (AvgIpc) is 3.26. The molecule has 0 N–H and O–H groups in total. The van der Waals surface area contributed by atoms with Crippen molar-refractivity contribution < 1.29 is 12.8 Å². The lowest BCUT2D eigenvalue weighted by Crippen LogP contribution is -2.39. The van der Waals surface area contributed by atoms with Crippen LogP contribution in [-0.4, -0.2) is 30.4 Å². The van der Waals surface area contributed by atoms with Gasteiger partial charge in [0.05, 0.1) is 4.90 Å². The minimum absolute atomic E-state index is 0.0801. The molecule has 0 radical (unpaired) electrons. The molecule has 1 saturated heterocycles. The van der Waals surface area contributed by atoms with Gasteiger partial charge in [0.2, 0.25) is 10.0 Å². The molecule has 0 spiro atoms. The quantitative estimate of drug-likeness (QED) is 0.616. The SMILES string of the molecule is Cc1ccc(F)cc1S(=O)(=O)N1CCC(Cc2ccc(-n3cccc3)cc2)CC1. The maximum absolute atomic E-state index is 13.6. The van der Waals surface area contributed by atoms with Crippen LogP contribution in [0.5, 0.6) is 0 Å². The lowest BCUT2D eigenvalue weighted by atomic mass is 9.91. The number of hydrogen-bond acceptors (Lipinski definition) is 2. The highest BCUT2D eigenvalue weighted by molar-refractivity contribution is 7.89. The number of aromatic nitrogens is 1. The van der Waals surface area contributed by atoms with Crippen molar-refractivity contribution >= 4 is 10.0 Å². The molecule has 152 valence electrons. The molecule has 0 atom stereocenters. The van der Waals surface area contributed by atoms with Gasteiger partial charge in [-0.05, 0) is 79.6 Å². The summed E-state index contributed by atoms with van der Waals surface area (Å²) in [7, 11) is -3.65. The topological polar surface area (TPSA) is 42.3 Å². The van der Waals surface area contributed by atoms with Crippen LogP contribution in [0.3, 0.4) is 0 Å². The molecule has 1 aliphatic rings. The van der Waals surface area contributed by atoms with E-state index in [0.717, 1.165) is 31.0 Å². The molecule has 1 aliphatic heterocycles. The van der Waals surface area contributed by atoms with E-state index < -0.39 is 15.8 Å². The minimum atomic E-state index is -3.65. The molecule has 0 unspecified atom stereocenters. The first-order valence-electron chi connectivity index (χ1n) is 9.92. The van der Waals surface area contributed by atoms with Crippen LogP contribution in [-0.2, 0) is 16.4 Å². The van der Waals surface area contributed by atoms with Crippen molar-refractivity contribution in [3.05, 3.63) is 83.9 Å². The third-order valence-corrected chi connectivity index (χ3v) is 7.75. The van der Waals surface area contributed by atoms with Crippen LogP contribution in [0.2, 0.25) is 0 Å². The van der Waals surface area contributed by atoms with Crippen molar-refractivity contribution in [2.24, 2.45) is 5.92 Å². The fourth-order valence-electron chi connectivity index (χ4n) is 3.99. The van der Waals surface area contributed by atoms with E-state index in [-0.39, 0.29) is 4.90 Å². The van der Waals surface area contributed by atoms with Crippen molar-refractivity contribution in [3.63, 3.8) is 0 Å². The summed E-state index contributed by atoms with van der Waals surface area (Å²) in [6.07, 6.45) is 6.61. The van der Waals surface area contributed by atoms with Gasteiger partial charge in [0, 0.05) is 31.2 Å². The maximum Gasteiger partial charge on any atom is 0.243 e. The van der Waals surface area contributed by atoms with Crippen LogP contribution < -0.4 is 0 Å². The number of nitrogens with zero attached hydrogens (tertiary/aromatic N) is 2. The number of aryl methyl sites for hydroxylation is 1. The summed E-state index contributed by atoms with van der Waals surface area (Å²) in [5.41, 5.74) is 2.98. The minimum Gasteiger partial charge on any atom is -0.324 e. The standard InChI is InChI=1S/C23H25FN2O2S/c1-18-4-7-21(24)17-23(18)29(27,28)26-14-10-20(11-15-26)16-19-5-8-22(9-6-19)25-12-2-3-13-25/h2-9,12-13,17,20H,10-11,14-16H2,1H3. The Balaban J connectivity index is 1.38. The van der Waals surface area contributed by atoms with Gasteiger partial charge in [0.1, 0.15) is 5.82 Å². The first-order valence-corrected chi connectivity index (χ1v) is 11.4. The predicted molar refractivity (Wildman–Crippen MR) is 112 cm³/mol. The summed E-state index contributed by atoms with van der Waals surface area (Å²) in [6.45, 7) is 2.66. The summed E-state index contributed by atoms with van der Waals surface area (Å²) >= 11 is 0. The maximum atomic E-state index is 13.6. The van der Waals surface area contributed by atoms with Gasteiger partial charge >= 0.3 is 0 Å². The van der Waals surface area contributed by atoms with E-state index in [1.165, 1.54) is 22.0 Å². The lowest BCUT2D eigenvalue weighted by Gasteiger charge is -2.31. The molecule has 0 saturated carbocycles. The molecular formula is C23H25FN2O2S. The van der Waals surface area contributed by atoms with Gasteiger partial charge in [-0.25, -0.2) is 12.8 Å². The molecule has 0 aliphatic carbocycles. The van der Waals surface area contributed by atoms with Crippen LogP contribution in [0.25, 0.3) is 5.69 Å². The first kappa shape index (κ1) is 19.9. The van der Waals surface area contributed by atoms with Crippen LogP contribution in [0.15, 0.2) is 71.9 Å². The number of hydrogen-bond donors (Lipinski definition) is 0. The molecule has 29 heavy (non-hydrogen) atoms. The number of sulfonamides is 1. The van der Waals surface area contributed by atoms with Crippen LogP contribution >= 0.6 is 0 Å². The molecular weight excluding hydrogens is 387 g/mol. The smallest absolute Gasteiger partial charge is 0.243 e. The van der Waals surface area contributed by atoms with E-state index in [4.69, 9.17) is 0 Å². The Morgan fingerprint density at radius 3 is 2.31 bits per heavy atom. The highest BCUT2D eigenvalue weighted by atomic mass is 32.2. The van der Waals surface area contributed by atoms with Gasteiger partial charge in [0.15, 0.2) is 0 Å². The molecule has 2 aromatic carbocycles. The van der Waals surface area contributed by atoms with Crippen LogP contribution in [0.4, 0.5) is 4.39 Å². The van der Waals surface area contributed by atoms with Gasteiger partial charge in [-0.15, -0.1) is 0 Å². The molecule has 4 rings (SSSR count). The molecule has 4 nitrogen and oxygen atoms in total. The normalized spacial score (nSPS) is 16.2. The largest absolute Gasteiger partial charge is 0.324 e. The van der Waals surface area contributed by atoms with Crippen molar-refractivity contribution in [3.8, 4) is 5.69 Å². The molecule has 2 heterocycles. The second-order valence-corrected chi connectivity index (χ2v) is 9.62. The van der Waals surface area contributed by atoms with E-state index in [2.05, 4.69) is 28.8 Å². The summed E-state index contributed by atoms with van der Waals surface area (Å²) < 4.78 is 43.0. The fraction of sp³-hybridized carbons (Fsp3) is 0.304. The zero-order chi connectivity index (χ0) is 20.4. The number of halogens is 1. The third kappa shape index (κ3) is 4.28. The summed E-state index contributed by atoms with van der Waals surface area (Å²) in [4.78, 5) is 0.0801. The zero-order valence-corrected chi connectivity index (χ0v) is 17.3. The van der Waals surface area contributed by atoms with Gasteiger partial charge in [-0.2, -0.15) is 4.31 Å². The predicted octanol–water partition coefficient (Wildman–Crippen LogP) is 4.57. The van der Waals surface area contributed by atoms with Crippen molar-refractivity contribution in [2.45, 2.75) is 31.1 Å². The average molecular weight is 413 g/mol. The van der Waals surface area contributed by atoms with E-state index in [9.17, 15) is 12.8 Å². The Labute approximate surface area is 171 Å². The molecule has 0 amide bonds. The molecule has 1 aromatic heterocycles. The van der Waals surface area contributed by atoms with Gasteiger partial charge in [-0.3, -0.25) is 0 Å².